The molecule has 3 rings (SSSR count). The van der Waals surface area contributed by atoms with E-state index in [2.05, 4.69) is 10.6 Å². The largest absolute Gasteiger partial charge is 0.378 e. The molecule has 3 aromatic carbocycles. The molecule has 31 heavy (non-hydrogen) atoms. The van der Waals surface area contributed by atoms with E-state index in [1.807, 2.05) is 67.5 Å². The molecule has 0 aliphatic heterocycles. The van der Waals surface area contributed by atoms with E-state index in [-0.39, 0.29) is 18.1 Å². The SMILES string of the molecule is CN(C)c1ccc(C=C(NC(=O)c2ccccc2)C(=O)NCc2ccccc2Cl)cc1. The molecule has 0 unspecified atom stereocenters. The molecule has 0 radical (unpaired) electrons. The molecule has 5 nitrogen and oxygen atoms in total. The summed E-state index contributed by atoms with van der Waals surface area (Å²) in [5, 5.41) is 6.14. The summed E-state index contributed by atoms with van der Waals surface area (Å²) in [4.78, 5) is 27.6. The maximum Gasteiger partial charge on any atom is 0.268 e. The Morgan fingerprint density at radius 2 is 1.55 bits per heavy atom. The highest BCUT2D eigenvalue weighted by Crippen LogP contribution is 2.16. The molecule has 0 fully saturated rings. The first-order valence-corrected chi connectivity index (χ1v) is 10.2. The maximum atomic E-state index is 12.9. The number of halogens is 1. The van der Waals surface area contributed by atoms with Crippen LogP contribution < -0.4 is 15.5 Å². The Labute approximate surface area is 187 Å². The first-order valence-electron chi connectivity index (χ1n) is 9.81. The molecule has 0 aliphatic carbocycles. The van der Waals surface area contributed by atoms with Gasteiger partial charge in [0.2, 0.25) is 0 Å². The standard InChI is InChI=1S/C25H24ClN3O2/c1-29(2)21-14-12-18(13-15-21)16-23(28-24(30)19-8-4-3-5-9-19)25(31)27-17-20-10-6-7-11-22(20)26/h3-16H,17H2,1-2H3,(H,27,31)(H,28,30). The van der Waals surface area contributed by atoms with E-state index in [9.17, 15) is 9.59 Å². The second kappa shape index (κ2) is 10.5. The molecular weight excluding hydrogens is 410 g/mol. The number of anilines is 1. The van der Waals surface area contributed by atoms with Crippen molar-refractivity contribution in [3.8, 4) is 0 Å². The lowest BCUT2D eigenvalue weighted by atomic mass is 10.1. The van der Waals surface area contributed by atoms with Crippen molar-refractivity contribution in [1.29, 1.82) is 0 Å². The molecular formula is C25H24ClN3O2. The van der Waals surface area contributed by atoms with E-state index in [0.717, 1.165) is 16.8 Å². The average molecular weight is 434 g/mol. The molecule has 0 bridgehead atoms. The van der Waals surface area contributed by atoms with Crippen LogP contribution in [0.25, 0.3) is 6.08 Å². The van der Waals surface area contributed by atoms with Crippen LogP contribution in [0.5, 0.6) is 0 Å². The van der Waals surface area contributed by atoms with Crippen molar-refractivity contribution < 1.29 is 9.59 Å². The fraction of sp³-hybridized carbons (Fsp3) is 0.120. The zero-order chi connectivity index (χ0) is 22.2. The lowest BCUT2D eigenvalue weighted by Gasteiger charge is -2.13. The van der Waals surface area contributed by atoms with E-state index >= 15 is 0 Å². The number of carbonyl (C=O) groups is 2. The fourth-order valence-electron chi connectivity index (χ4n) is 2.89. The van der Waals surface area contributed by atoms with Crippen molar-refractivity contribution in [3.05, 3.63) is 106 Å². The zero-order valence-electron chi connectivity index (χ0n) is 17.4. The van der Waals surface area contributed by atoms with Crippen molar-refractivity contribution in [1.82, 2.24) is 10.6 Å². The minimum Gasteiger partial charge on any atom is -0.378 e. The maximum absolute atomic E-state index is 12.9. The van der Waals surface area contributed by atoms with Gasteiger partial charge in [-0.3, -0.25) is 9.59 Å². The predicted molar refractivity (Wildman–Crippen MR) is 126 cm³/mol. The van der Waals surface area contributed by atoms with E-state index < -0.39 is 5.91 Å². The zero-order valence-corrected chi connectivity index (χ0v) is 18.2. The second-order valence-corrected chi connectivity index (χ2v) is 7.55. The molecule has 0 heterocycles. The van der Waals surface area contributed by atoms with Gasteiger partial charge in [0.05, 0.1) is 0 Å². The first kappa shape index (κ1) is 22.1. The quantitative estimate of drug-likeness (QED) is 0.539. The smallest absolute Gasteiger partial charge is 0.268 e. The Bertz CT molecular complexity index is 1080. The number of hydrogen-bond donors (Lipinski definition) is 2. The molecule has 0 aliphatic rings. The summed E-state index contributed by atoms with van der Waals surface area (Å²) in [6, 6.07) is 23.7. The molecule has 2 N–H and O–H groups in total. The summed E-state index contributed by atoms with van der Waals surface area (Å²) in [6.07, 6.45) is 1.65. The number of nitrogens with one attached hydrogen (secondary N) is 2. The van der Waals surface area contributed by atoms with Gasteiger partial charge in [-0.25, -0.2) is 0 Å². The van der Waals surface area contributed by atoms with Crippen molar-refractivity contribution in [2.24, 2.45) is 0 Å². The third-order valence-electron chi connectivity index (χ3n) is 4.65. The van der Waals surface area contributed by atoms with Crippen molar-refractivity contribution in [3.63, 3.8) is 0 Å². The normalized spacial score (nSPS) is 11.0. The summed E-state index contributed by atoms with van der Waals surface area (Å²) in [6.45, 7) is 0.247. The minimum atomic E-state index is -0.402. The second-order valence-electron chi connectivity index (χ2n) is 7.14. The van der Waals surface area contributed by atoms with Crippen molar-refractivity contribution >= 4 is 35.2 Å². The van der Waals surface area contributed by atoms with E-state index in [1.165, 1.54) is 0 Å². The fourth-order valence-corrected chi connectivity index (χ4v) is 3.09. The van der Waals surface area contributed by atoms with Crippen LogP contribution in [-0.4, -0.2) is 25.9 Å². The highest BCUT2D eigenvalue weighted by molar-refractivity contribution is 6.31. The highest BCUT2D eigenvalue weighted by Gasteiger charge is 2.15. The molecule has 0 saturated heterocycles. The minimum absolute atomic E-state index is 0.151. The number of benzene rings is 3. The Morgan fingerprint density at radius 3 is 2.19 bits per heavy atom. The summed E-state index contributed by atoms with van der Waals surface area (Å²) in [7, 11) is 3.91. The summed E-state index contributed by atoms with van der Waals surface area (Å²) in [5.74, 6) is -0.759. The van der Waals surface area contributed by atoms with Crippen LogP contribution in [0, 0.1) is 0 Å². The predicted octanol–water partition coefficient (Wildman–Crippen LogP) is 4.49. The molecule has 0 atom stereocenters. The monoisotopic (exact) mass is 433 g/mol. The number of nitrogens with zero attached hydrogens (tertiary/aromatic N) is 1. The van der Waals surface area contributed by atoms with Gasteiger partial charge < -0.3 is 15.5 Å². The lowest BCUT2D eigenvalue weighted by molar-refractivity contribution is -0.117. The summed E-state index contributed by atoms with van der Waals surface area (Å²) in [5.41, 5.74) is 3.24. The third kappa shape index (κ3) is 6.20. The lowest BCUT2D eigenvalue weighted by Crippen LogP contribution is -2.34. The van der Waals surface area contributed by atoms with Crippen LogP contribution >= 0.6 is 11.6 Å². The van der Waals surface area contributed by atoms with Crippen molar-refractivity contribution in [2.75, 3.05) is 19.0 Å². The third-order valence-corrected chi connectivity index (χ3v) is 5.02. The van der Waals surface area contributed by atoms with Gasteiger partial charge in [-0.05, 0) is 47.5 Å². The van der Waals surface area contributed by atoms with Gasteiger partial charge in [-0.15, -0.1) is 0 Å². The number of carbonyl (C=O) groups excluding carboxylic acids is 2. The number of rotatable bonds is 7. The van der Waals surface area contributed by atoms with Gasteiger partial charge in [0.15, 0.2) is 0 Å². The highest BCUT2D eigenvalue weighted by atomic mass is 35.5. The molecule has 0 spiro atoms. The van der Waals surface area contributed by atoms with Gasteiger partial charge in [-0.2, -0.15) is 0 Å². The molecule has 3 aromatic rings. The van der Waals surface area contributed by atoms with Crippen LogP contribution in [-0.2, 0) is 11.3 Å². The van der Waals surface area contributed by atoms with Crippen LogP contribution in [0.3, 0.4) is 0 Å². The molecule has 0 saturated carbocycles. The molecule has 2 amide bonds. The van der Waals surface area contributed by atoms with E-state index in [0.29, 0.717) is 10.6 Å². The van der Waals surface area contributed by atoms with Crippen LogP contribution in [0.2, 0.25) is 5.02 Å². The van der Waals surface area contributed by atoms with Gasteiger partial charge in [0.25, 0.3) is 11.8 Å². The van der Waals surface area contributed by atoms with Gasteiger partial charge in [-0.1, -0.05) is 60.1 Å². The van der Waals surface area contributed by atoms with Crippen LogP contribution in [0.1, 0.15) is 21.5 Å². The first-order chi connectivity index (χ1) is 14.9. The Balaban J connectivity index is 1.83. The van der Waals surface area contributed by atoms with Gasteiger partial charge >= 0.3 is 0 Å². The molecule has 0 aromatic heterocycles. The van der Waals surface area contributed by atoms with Gasteiger partial charge in [0.1, 0.15) is 5.70 Å². The molecule has 6 heteroatoms. The van der Waals surface area contributed by atoms with Gasteiger partial charge in [0, 0.05) is 36.9 Å². The average Bonchev–Trinajstić information content (AvgIpc) is 2.78. The Hall–Kier alpha value is -3.57. The van der Waals surface area contributed by atoms with Crippen molar-refractivity contribution in [2.45, 2.75) is 6.54 Å². The Kier molecular flexibility index (Phi) is 7.46. The van der Waals surface area contributed by atoms with Crippen LogP contribution in [0.15, 0.2) is 84.6 Å². The number of hydrogen-bond acceptors (Lipinski definition) is 3. The molecule has 158 valence electrons. The van der Waals surface area contributed by atoms with Crippen LogP contribution in [0.4, 0.5) is 5.69 Å². The topological polar surface area (TPSA) is 61.4 Å². The summed E-state index contributed by atoms with van der Waals surface area (Å²) >= 11 is 6.18. The van der Waals surface area contributed by atoms with E-state index in [1.54, 1.807) is 36.4 Å². The number of amides is 2. The Morgan fingerprint density at radius 1 is 0.903 bits per heavy atom. The van der Waals surface area contributed by atoms with E-state index in [4.69, 9.17) is 11.6 Å². The summed E-state index contributed by atoms with van der Waals surface area (Å²) < 4.78 is 0.